The SMILES string of the molecule is COc1cc(/C=C2/SC(=O)N(CC(=O)c3ccc(Br)cc3)C2=O)ccc1OCC(=O)Nc1cc(C)c(C)cc1Br. The topological polar surface area (TPSA) is 102 Å². The fraction of sp³-hybridized carbons (Fsp3) is 0.172. The number of nitrogens with zero attached hydrogens (tertiary/aromatic N) is 1. The van der Waals surface area contributed by atoms with Gasteiger partial charge in [0.1, 0.15) is 0 Å². The quantitative estimate of drug-likeness (QED) is 0.196. The Balaban J connectivity index is 1.41. The molecule has 3 amide bonds. The van der Waals surface area contributed by atoms with Gasteiger partial charge in [-0.15, -0.1) is 0 Å². The van der Waals surface area contributed by atoms with Gasteiger partial charge in [-0.1, -0.05) is 34.1 Å². The molecule has 1 N–H and O–H groups in total. The van der Waals surface area contributed by atoms with E-state index in [1.807, 2.05) is 26.0 Å². The third-order valence-electron chi connectivity index (χ3n) is 6.04. The molecule has 0 unspecified atom stereocenters. The summed E-state index contributed by atoms with van der Waals surface area (Å²) >= 11 is 7.53. The first-order valence-corrected chi connectivity index (χ1v) is 14.4. The summed E-state index contributed by atoms with van der Waals surface area (Å²) in [4.78, 5) is 51.6. The number of ether oxygens (including phenoxy) is 2. The van der Waals surface area contributed by atoms with E-state index in [2.05, 4.69) is 37.2 Å². The second-order valence-electron chi connectivity index (χ2n) is 8.86. The molecule has 0 aromatic heterocycles. The molecule has 1 saturated heterocycles. The first-order chi connectivity index (χ1) is 19.0. The van der Waals surface area contributed by atoms with Crippen LogP contribution in [0.3, 0.4) is 0 Å². The van der Waals surface area contributed by atoms with Crippen LogP contribution in [0.4, 0.5) is 10.5 Å². The van der Waals surface area contributed by atoms with E-state index in [1.165, 1.54) is 7.11 Å². The Morgan fingerprint density at radius 1 is 0.975 bits per heavy atom. The van der Waals surface area contributed by atoms with Crippen molar-refractivity contribution in [3.8, 4) is 11.5 Å². The lowest BCUT2D eigenvalue weighted by Gasteiger charge is -2.13. The number of Topliss-reactive ketones (excluding diaryl/α,β-unsaturated/α-hetero) is 1. The van der Waals surface area contributed by atoms with E-state index in [0.29, 0.717) is 28.3 Å². The van der Waals surface area contributed by atoms with Gasteiger partial charge in [-0.25, -0.2) is 0 Å². The van der Waals surface area contributed by atoms with E-state index in [4.69, 9.17) is 9.47 Å². The van der Waals surface area contributed by atoms with Crippen LogP contribution in [0.5, 0.6) is 11.5 Å². The zero-order chi connectivity index (χ0) is 29.0. The summed E-state index contributed by atoms with van der Waals surface area (Å²) in [5, 5.41) is 2.30. The number of hydrogen-bond acceptors (Lipinski definition) is 7. The number of thioether (sulfide) groups is 1. The number of carbonyl (C=O) groups is 4. The third-order valence-corrected chi connectivity index (χ3v) is 8.14. The standard InChI is InChI=1S/C29H24Br2N2O6S/c1-16-10-21(31)22(11-17(16)2)32-27(35)15-39-24-9-4-18(12-25(24)38-3)13-26-28(36)33(29(37)40-26)14-23(34)19-5-7-20(30)8-6-19/h4-13H,14-15H2,1-3H3,(H,32,35)/b26-13+. The maximum Gasteiger partial charge on any atom is 0.293 e. The summed E-state index contributed by atoms with van der Waals surface area (Å²) in [7, 11) is 1.46. The molecular weight excluding hydrogens is 664 g/mol. The van der Waals surface area contributed by atoms with Gasteiger partial charge in [-0.05, 0) is 101 Å². The Bertz CT molecular complexity index is 1540. The second-order valence-corrected chi connectivity index (χ2v) is 11.6. The monoisotopic (exact) mass is 686 g/mol. The van der Waals surface area contributed by atoms with Gasteiger partial charge in [0.25, 0.3) is 17.1 Å². The van der Waals surface area contributed by atoms with Crippen LogP contribution >= 0.6 is 43.6 Å². The first kappa shape index (κ1) is 29.6. The minimum atomic E-state index is -0.547. The van der Waals surface area contributed by atoms with E-state index in [9.17, 15) is 19.2 Å². The van der Waals surface area contributed by atoms with Gasteiger partial charge in [-0.2, -0.15) is 0 Å². The van der Waals surface area contributed by atoms with Crippen LogP contribution in [0.2, 0.25) is 0 Å². The van der Waals surface area contributed by atoms with Crippen molar-refractivity contribution in [2.75, 3.05) is 25.6 Å². The minimum Gasteiger partial charge on any atom is -0.493 e. The number of carbonyl (C=O) groups excluding carboxylic acids is 4. The summed E-state index contributed by atoms with van der Waals surface area (Å²) in [5.74, 6) is -0.552. The van der Waals surface area contributed by atoms with Crippen molar-refractivity contribution in [3.63, 3.8) is 0 Å². The van der Waals surface area contributed by atoms with Gasteiger partial charge in [0.15, 0.2) is 23.9 Å². The van der Waals surface area contributed by atoms with Gasteiger partial charge < -0.3 is 14.8 Å². The molecule has 0 bridgehead atoms. The predicted octanol–water partition coefficient (Wildman–Crippen LogP) is 6.77. The molecule has 3 aromatic rings. The number of anilines is 1. The van der Waals surface area contributed by atoms with E-state index in [-0.39, 0.29) is 29.7 Å². The van der Waals surface area contributed by atoms with Crippen LogP contribution in [0.1, 0.15) is 27.0 Å². The smallest absolute Gasteiger partial charge is 0.293 e. The lowest BCUT2D eigenvalue weighted by atomic mass is 10.1. The summed E-state index contributed by atoms with van der Waals surface area (Å²) < 4.78 is 12.7. The van der Waals surface area contributed by atoms with Crippen LogP contribution in [0.15, 0.2) is 68.4 Å². The number of amides is 3. The number of halogens is 2. The number of benzene rings is 3. The Morgan fingerprint density at radius 2 is 1.68 bits per heavy atom. The number of methoxy groups -OCH3 is 1. The molecule has 0 atom stereocenters. The van der Waals surface area contributed by atoms with Crippen molar-refractivity contribution in [2.24, 2.45) is 0 Å². The van der Waals surface area contributed by atoms with Crippen LogP contribution in [-0.2, 0) is 9.59 Å². The third kappa shape index (κ3) is 7.01. The Kier molecular flexibility index (Phi) is 9.49. The molecule has 0 saturated carbocycles. The van der Waals surface area contributed by atoms with Crippen molar-refractivity contribution in [2.45, 2.75) is 13.8 Å². The maximum absolute atomic E-state index is 12.9. The molecule has 0 radical (unpaired) electrons. The highest BCUT2D eigenvalue weighted by Crippen LogP contribution is 2.35. The van der Waals surface area contributed by atoms with E-state index < -0.39 is 11.1 Å². The van der Waals surface area contributed by atoms with Crippen molar-refractivity contribution < 1.29 is 28.7 Å². The number of hydrogen-bond donors (Lipinski definition) is 1. The number of nitrogens with one attached hydrogen (secondary N) is 1. The molecule has 11 heteroatoms. The Labute approximate surface area is 252 Å². The second kappa shape index (κ2) is 12.8. The summed E-state index contributed by atoms with van der Waals surface area (Å²) in [6.07, 6.45) is 1.55. The van der Waals surface area contributed by atoms with Crippen LogP contribution in [-0.4, -0.2) is 48.0 Å². The van der Waals surface area contributed by atoms with Gasteiger partial charge in [0.05, 0.1) is 24.2 Å². The molecule has 8 nitrogen and oxygen atoms in total. The predicted molar refractivity (Wildman–Crippen MR) is 162 cm³/mol. The van der Waals surface area contributed by atoms with Crippen molar-refractivity contribution >= 4 is 78.2 Å². The minimum absolute atomic E-state index is 0.183. The van der Waals surface area contributed by atoms with E-state index >= 15 is 0 Å². The van der Waals surface area contributed by atoms with Crippen LogP contribution in [0, 0.1) is 13.8 Å². The van der Waals surface area contributed by atoms with E-state index in [1.54, 1.807) is 48.5 Å². The molecule has 1 aliphatic heterocycles. The fourth-order valence-electron chi connectivity index (χ4n) is 3.76. The molecule has 0 spiro atoms. The molecule has 40 heavy (non-hydrogen) atoms. The molecule has 3 aromatic carbocycles. The summed E-state index contributed by atoms with van der Waals surface area (Å²) in [5.41, 5.74) is 3.78. The Hall–Kier alpha value is -3.41. The van der Waals surface area contributed by atoms with Gasteiger partial charge in [-0.3, -0.25) is 24.1 Å². The lowest BCUT2D eigenvalue weighted by molar-refractivity contribution is -0.122. The molecule has 1 fully saturated rings. The average Bonchev–Trinajstić information content (AvgIpc) is 3.18. The zero-order valence-corrected chi connectivity index (χ0v) is 25.7. The molecule has 206 valence electrons. The van der Waals surface area contributed by atoms with Gasteiger partial charge in [0.2, 0.25) is 0 Å². The van der Waals surface area contributed by atoms with Crippen LogP contribution in [0.25, 0.3) is 6.08 Å². The highest BCUT2D eigenvalue weighted by Gasteiger charge is 2.36. The molecule has 0 aliphatic carbocycles. The molecule has 1 heterocycles. The normalized spacial score (nSPS) is 14.0. The summed E-state index contributed by atoms with van der Waals surface area (Å²) in [6.45, 7) is 3.35. The molecule has 4 rings (SSSR count). The van der Waals surface area contributed by atoms with Gasteiger partial charge in [0, 0.05) is 14.5 Å². The number of rotatable bonds is 9. The van der Waals surface area contributed by atoms with Crippen molar-refractivity contribution in [3.05, 3.63) is 90.7 Å². The largest absolute Gasteiger partial charge is 0.493 e. The lowest BCUT2D eigenvalue weighted by Crippen LogP contribution is -2.33. The van der Waals surface area contributed by atoms with Crippen molar-refractivity contribution in [1.82, 2.24) is 4.90 Å². The van der Waals surface area contributed by atoms with Gasteiger partial charge >= 0.3 is 0 Å². The maximum atomic E-state index is 12.9. The van der Waals surface area contributed by atoms with Crippen molar-refractivity contribution in [1.29, 1.82) is 0 Å². The highest BCUT2D eigenvalue weighted by molar-refractivity contribution is 9.10. The molecule has 1 aliphatic rings. The van der Waals surface area contributed by atoms with E-state index in [0.717, 1.165) is 36.7 Å². The number of imide groups is 1. The Morgan fingerprint density at radius 3 is 2.38 bits per heavy atom. The van der Waals surface area contributed by atoms with Crippen LogP contribution < -0.4 is 14.8 Å². The molecular formula is C29H24Br2N2O6S. The fourth-order valence-corrected chi connectivity index (χ4v) is 5.42. The zero-order valence-electron chi connectivity index (χ0n) is 21.7. The summed E-state index contributed by atoms with van der Waals surface area (Å²) in [6, 6.07) is 15.4. The first-order valence-electron chi connectivity index (χ1n) is 12.0. The highest BCUT2D eigenvalue weighted by atomic mass is 79.9. The number of aryl methyl sites for hydroxylation is 2. The average molecular weight is 688 g/mol. The number of ketones is 1.